The van der Waals surface area contributed by atoms with Crippen LogP contribution in [0.3, 0.4) is 0 Å². The first-order chi connectivity index (χ1) is 24.2. The summed E-state index contributed by atoms with van der Waals surface area (Å²) in [4.78, 5) is 62.8. The number of likely N-dealkylation sites (N-methyl/N-ethyl adjacent to an activating group) is 1. The Morgan fingerprint density at radius 2 is 1.90 bits per heavy atom. The van der Waals surface area contributed by atoms with E-state index in [1.165, 1.54) is 4.90 Å². The predicted molar refractivity (Wildman–Crippen MR) is 188 cm³/mol. The van der Waals surface area contributed by atoms with Crippen LogP contribution in [0.2, 0.25) is 0 Å². The number of fused-ring (bicyclic) bond motifs is 5. The number of nitrogens with one attached hydrogen (secondary N) is 2. The van der Waals surface area contributed by atoms with E-state index in [-0.39, 0.29) is 25.9 Å². The Kier molecular flexibility index (Phi) is 8.83. The fraction of sp³-hybridized carbons (Fsp3) is 0.595. The standard InChI is InChI=1S/C37H47N5O8S/c1-4-41(34(46)47)28-15-9-7-5-6-8-12-24-20-37(24,33(45)40-51(48,49)35(3)18-19-35)39-31(43)29-21-36(22-42(29)32(28)44)17-16-26-25-13-10-11-14-27(25)38-23(2)30(26)50-36/h8,10-14,24,28-29H,4-7,9,15-22H2,1-3H3,(H,39,43)(H,40,45)(H,46,47)/b12-8-/t24-,28+,29+,36-,37-/m1/s1. The number of aromatic nitrogens is 1. The van der Waals surface area contributed by atoms with E-state index in [2.05, 4.69) is 10.0 Å². The van der Waals surface area contributed by atoms with Crippen LogP contribution in [0.4, 0.5) is 4.79 Å². The summed E-state index contributed by atoms with van der Waals surface area (Å²) in [5.41, 5.74) is 0.0769. The molecule has 3 aliphatic heterocycles. The number of hydrogen-bond donors (Lipinski definition) is 3. The molecule has 7 rings (SSSR count). The van der Waals surface area contributed by atoms with E-state index >= 15 is 0 Å². The topological polar surface area (TPSA) is 175 Å². The minimum atomic E-state index is -3.98. The summed E-state index contributed by atoms with van der Waals surface area (Å²) in [6.07, 6.45) is 8.06. The third-order valence-corrected chi connectivity index (χ3v) is 14.0. The Morgan fingerprint density at radius 1 is 1.14 bits per heavy atom. The molecule has 14 heteroatoms. The number of pyridine rings is 1. The number of amides is 4. The molecule has 13 nitrogen and oxygen atoms in total. The molecule has 0 bridgehead atoms. The Bertz CT molecular complexity index is 1930. The molecule has 274 valence electrons. The van der Waals surface area contributed by atoms with Crippen LogP contribution in [0.1, 0.15) is 89.3 Å². The van der Waals surface area contributed by atoms with Gasteiger partial charge in [-0.2, -0.15) is 0 Å². The van der Waals surface area contributed by atoms with Gasteiger partial charge in [-0.05, 0) is 78.2 Å². The van der Waals surface area contributed by atoms with Crippen LogP contribution in [0.15, 0.2) is 36.4 Å². The molecular formula is C37H47N5O8S. The van der Waals surface area contributed by atoms with Crippen molar-refractivity contribution in [3.8, 4) is 5.75 Å². The SMILES string of the molecule is CCN(C(=O)O)[C@H]1CCCCC/C=C\[C@@H]2C[C@@]2(C(=O)NS(=O)(=O)C2(C)CC2)NC(=O)[C@@H]2C[C@]3(CCc4c(c(C)nc5ccccc45)O3)CN2C1=O. The third kappa shape index (κ3) is 6.23. The van der Waals surface area contributed by atoms with Gasteiger partial charge in [0.25, 0.3) is 5.91 Å². The van der Waals surface area contributed by atoms with Gasteiger partial charge in [0.1, 0.15) is 29.0 Å². The molecule has 3 N–H and O–H groups in total. The fourth-order valence-corrected chi connectivity index (χ4v) is 9.58. The second-order valence-electron chi connectivity index (χ2n) is 15.3. The fourth-order valence-electron chi connectivity index (χ4n) is 8.27. The Morgan fingerprint density at radius 3 is 2.63 bits per heavy atom. The van der Waals surface area contributed by atoms with Crippen molar-refractivity contribution < 1.29 is 37.4 Å². The van der Waals surface area contributed by atoms with Gasteiger partial charge in [0.05, 0.1) is 22.5 Å². The first-order valence-corrected chi connectivity index (χ1v) is 19.6. The van der Waals surface area contributed by atoms with Crippen LogP contribution in [-0.4, -0.2) is 93.2 Å². The largest absolute Gasteiger partial charge is 0.483 e. The zero-order chi connectivity index (χ0) is 36.3. The van der Waals surface area contributed by atoms with Crippen LogP contribution in [0.25, 0.3) is 10.9 Å². The van der Waals surface area contributed by atoms with Gasteiger partial charge in [-0.15, -0.1) is 0 Å². The van der Waals surface area contributed by atoms with Gasteiger partial charge in [-0.1, -0.05) is 43.2 Å². The summed E-state index contributed by atoms with van der Waals surface area (Å²) in [5.74, 6) is -1.68. The van der Waals surface area contributed by atoms with Crippen molar-refractivity contribution in [3.63, 3.8) is 0 Å². The van der Waals surface area contributed by atoms with E-state index in [0.717, 1.165) is 34.2 Å². The minimum Gasteiger partial charge on any atom is -0.483 e. The quantitative estimate of drug-likeness (QED) is 0.386. The minimum absolute atomic E-state index is 0.0402. The molecule has 0 unspecified atom stereocenters. The lowest BCUT2D eigenvalue weighted by Crippen LogP contribution is -2.59. The van der Waals surface area contributed by atoms with Crippen molar-refractivity contribution >= 4 is 44.7 Å². The number of hydrogen-bond acceptors (Lipinski definition) is 8. The Hall–Kier alpha value is -4.20. The second kappa shape index (κ2) is 12.8. The smallest absolute Gasteiger partial charge is 0.407 e. The maximum Gasteiger partial charge on any atom is 0.407 e. The number of para-hydroxylation sites is 1. The summed E-state index contributed by atoms with van der Waals surface area (Å²) in [6.45, 7) is 5.28. The van der Waals surface area contributed by atoms with Gasteiger partial charge in [0, 0.05) is 29.8 Å². The molecule has 2 aromatic rings. The first kappa shape index (κ1) is 35.2. The number of carboxylic acid groups (broad SMARTS) is 1. The number of benzene rings is 1. The molecule has 1 spiro atoms. The van der Waals surface area contributed by atoms with Gasteiger partial charge < -0.3 is 20.1 Å². The van der Waals surface area contributed by atoms with E-state index in [4.69, 9.17) is 9.72 Å². The van der Waals surface area contributed by atoms with Crippen LogP contribution in [0, 0.1) is 12.8 Å². The Balaban J connectivity index is 1.25. The molecule has 1 aromatic heterocycles. The van der Waals surface area contributed by atoms with Crippen LogP contribution in [0.5, 0.6) is 5.75 Å². The van der Waals surface area contributed by atoms with Crippen molar-refractivity contribution in [1.82, 2.24) is 24.8 Å². The summed E-state index contributed by atoms with van der Waals surface area (Å²) in [5, 5.41) is 14.0. The molecule has 4 heterocycles. The van der Waals surface area contributed by atoms with Crippen LogP contribution >= 0.6 is 0 Å². The zero-order valence-corrected chi connectivity index (χ0v) is 30.3. The maximum absolute atomic E-state index is 14.6. The zero-order valence-electron chi connectivity index (χ0n) is 29.4. The molecule has 2 saturated carbocycles. The van der Waals surface area contributed by atoms with Gasteiger partial charge in [-0.3, -0.25) is 24.0 Å². The number of carbonyl (C=O) groups is 4. The Labute approximate surface area is 298 Å². The molecule has 1 saturated heterocycles. The lowest BCUT2D eigenvalue weighted by atomic mass is 9.87. The van der Waals surface area contributed by atoms with Crippen LogP contribution in [-0.2, 0) is 30.8 Å². The van der Waals surface area contributed by atoms with Crippen molar-refractivity contribution in [1.29, 1.82) is 0 Å². The van der Waals surface area contributed by atoms with E-state index in [1.807, 2.05) is 43.3 Å². The molecule has 3 fully saturated rings. The molecule has 2 aliphatic carbocycles. The average Bonchev–Trinajstić information content (AvgIpc) is 3.98. The highest BCUT2D eigenvalue weighted by molar-refractivity contribution is 7.91. The van der Waals surface area contributed by atoms with Gasteiger partial charge in [0.2, 0.25) is 21.8 Å². The summed E-state index contributed by atoms with van der Waals surface area (Å²) in [7, 11) is -3.98. The summed E-state index contributed by atoms with van der Waals surface area (Å²) >= 11 is 0. The van der Waals surface area contributed by atoms with Crippen molar-refractivity contribution in [2.24, 2.45) is 5.92 Å². The molecule has 5 aliphatic rings. The van der Waals surface area contributed by atoms with Crippen molar-refractivity contribution in [2.75, 3.05) is 13.1 Å². The van der Waals surface area contributed by atoms with E-state index in [1.54, 1.807) is 13.8 Å². The summed E-state index contributed by atoms with van der Waals surface area (Å²) in [6, 6.07) is 5.72. The average molecular weight is 722 g/mol. The highest BCUT2D eigenvalue weighted by atomic mass is 32.2. The van der Waals surface area contributed by atoms with Crippen molar-refractivity contribution in [2.45, 2.75) is 119 Å². The number of allylic oxidation sites excluding steroid dienone is 1. The second-order valence-corrected chi connectivity index (χ2v) is 17.5. The number of ether oxygens (including phenoxy) is 1. The predicted octanol–water partition coefficient (Wildman–Crippen LogP) is 3.97. The van der Waals surface area contributed by atoms with E-state index in [9.17, 15) is 32.7 Å². The molecule has 1 aromatic carbocycles. The van der Waals surface area contributed by atoms with Crippen molar-refractivity contribution in [3.05, 3.63) is 47.7 Å². The van der Waals surface area contributed by atoms with Crippen LogP contribution < -0.4 is 14.8 Å². The first-order valence-electron chi connectivity index (χ1n) is 18.2. The highest BCUT2D eigenvalue weighted by Gasteiger charge is 2.64. The van der Waals surface area contributed by atoms with E-state index in [0.29, 0.717) is 56.4 Å². The number of nitrogens with zero attached hydrogens (tertiary/aromatic N) is 3. The number of rotatable bonds is 5. The molecular weight excluding hydrogens is 675 g/mol. The number of sulfonamides is 1. The molecule has 0 radical (unpaired) electrons. The highest BCUT2D eigenvalue weighted by Crippen LogP contribution is 2.49. The van der Waals surface area contributed by atoms with Gasteiger partial charge >= 0.3 is 6.09 Å². The summed E-state index contributed by atoms with van der Waals surface area (Å²) < 4.78 is 34.3. The number of carbonyl (C=O) groups excluding carboxylic acids is 3. The number of aryl methyl sites for hydroxylation is 2. The van der Waals surface area contributed by atoms with Gasteiger partial charge in [0.15, 0.2) is 0 Å². The van der Waals surface area contributed by atoms with Gasteiger partial charge in [-0.25, -0.2) is 18.2 Å². The van der Waals surface area contributed by atoms with E-state index < -0.39 is 67.7 Å². The maximum atomic E-state index is 14.6. The molecule has 5 atom stereocenters. The normalized spacial score (nSPS) is 30.8. The lowest BCUT2D eigenvalue weighted by Gasteiger charge is -2.37. The molecule has 51 heavy (non-hydrogen) atoms. The lowest BCUT2D eigenvalue weighted by molar-refractivity contribution is -0.143. The molecule has 4 amide bonds. The third-order valence-electron chi connectivity index (χ3n) is 11.8. The monoisotopic (exact) mass is 721 g/mol.